The maximum absolute atomic E-state index is 12.9. The summed E-state index contributed by atoms with van der Waals surface area (Å²) in [6, 6.07) is 4.98. The number of hydrogen-bond acceptors (Lipinski definition) is 1. The summed E-state index contributed by atoms with van der Waals surface area (Å²) >= 11 is 3.17. The van der Waals surface area contributed by atoms with Crippen molar-refractivity contribution in [1.29, 1.82) is 0 Å². The lowest BCUT2D eigenvalue weighted by atomic mass is 10.2. The Labute approximate surface area is 72.3 Å². The van der Waals surface area contributed by atoms with E-state index in [4.69, 9.17) is 4.74 Å². The van der Waals surface area contributed by atoms with Gasteiger partial charge in [-0.15, -0.1) is 0 Å². The molecule has 0 bridgehead atoms. The van der Waals surface area contributed by atoms with Crippen molar-refractivity contribution >= 4 is 15.9 Å². The highest BCUT2D eigenvalue weighted by Gasteiger charge is 2.27. The first-order valence-corrected chi connectivity index (χ1v) is 4.14. The van der Waals surface area contributed by atoms with Crippen LogP contribution in [0.3, 0.4) is 0 Å². The fourth-order valence-corrected chi connectivity index (χ4v) is 1.52. The lowest BCUT2D eigenvalue weighted by Gasteiger charge is -1.99. The molecule has 1 aliphatic heterocycles. The molecule has 0 aromatic heterocycles. The summed E-state index contributed by atoms with van der Waals surface area (Å²) in [7, 11) is 0. The maximum atomic E-state index is 12.9. The van der Waals surface area contributed by atoms with Gasteiger partial charge in [0.15, 0.2) is 0 Å². The fraction of sp³-hybridized carbons (Fsp3) is 0.250. The molecule has 11 heavy (non-hydrogen) atoms. The highest BCUT2D eigenvalue weighted by Crippen LogP contribution is 2.35. The second-order valence-electron chi connectivity index (χ2n) is 2.47. The van der Waals surface area contributed by atoms with E-state index in [-0.39, 0.29) is 11.9 Å². The Morgan fingerprint density at radius 2 is 2.27 bits per heavy atom. The standard InChI is InChI=1S/C8H6BrFO/c9-8-5(7-4-11-7)2-1-3-6(8)10/h1-3,7H,4H2/t7-/m0/s1. The molecule has 1 atom stereocenters. The van der Waals surface area contributed by atoms with Gasteiger partial charge < -0.3 is 4.74 Å². The van der Waals surface area contributed by atoms with E-state index in [1.165, 1.54) is 6.07 Å². The quantitative estimate of drug-likeness (QED) is 0.658. The first-order valence-electron chi connectivity index (χ1n) is 3.34. The van der Waals surface area contributed by atoms with Crippen LogP contribution in [0.25, 0.3) is 0 Å². The largest absolute Gasteiger partial charge is 0.368 e. The van der Waals surface area contributed by atoms with Gasteiger partial charge >= 0.3 is 0 Å². The predicted octanol–water partition coefficient (Wildman–Crippen LogP) is 2.66. The first-order chi connectivity index (χ1) is 5.29. The van der Waals surface area contributed by atoms with Crippen molar-refractivity contribution in [2.45, 2.75) is 6.10 Å². The zero-order chi connectivity index (χ0) is 7.84. The fourth-order valence-electron chi connectivity index (χ4n) is 0.997. The highest BCUT2D eigenvalue weighted by molar-refractivity contribution is 9.10. The van der Waals surface area contributed by atoms with E-state index < -0.39 is 0 Å². The van der Waals surface area contributed by atoms with Gasteiger partial charge in [-0.3, -0.25) is 0 Å². The molecule has 0 saturated carbocycles. The molecule has 0 aliphatic carbocycles. The van der Waals surface area contributed by atoms with Gasteiger partial charge in [0.1, 0.15) is 11.9 Å². The van der Waals surface area contributed by atoms with Crippen LogP contribution < -0.4 is 0 Å². The zero-order valence-electron chi connectivity index (χ0n) is 5.68. The van der Waals surface area contributed by atoms with E-state index in [1.54, 1.807) is 6.07 Å². The third-order valence-corrected chi connectivity index (χ3v) is 2.50. The minimum Gasteiger partial charge on any atom is -0.368 e. The summed E-state index contributed by atoms with van der Waals surface area (Å²) in [5.41, 5.74) is 0.907. The van der Waals surface area contributed by atoms with Crippen LogP contribution in [0.1, 0.15) is 11.7 Å². The molecule has 0 amide bonds. The SMILES string of the molecule is Fc1cccc([C@@H]2CO2)c1Br. The Balaban J connectivity index is 2.45. The monoisotopic (exact) mass is 216 g/mol. The molecule has 1 aromatic carbocycles. The van der Waals surface area contributed by atoms with Crippen LogP contribution in [0.2, 0.25) is 0 Å². The summed E-state index contributed by atoms with van der Waals surface area (Å²) in [6.45, 7) is 0.710. The Morgan fingerprint density at radius 1 is 1.55 bits per heavy atom. The molecular formula is C8H6BrFO. The smallest absolute Gasteiger partial charge is 0.137 e. The van der Waals surface area contributed by atoms with Crippen molar-refractivity contribution in [2.24, 2.45) is 0 Å². The van der Waals surface area contributed by atoms with Crippen LogP contribution in [0.4, 0.5) is 4.39 Å². The van der Waals surface area contributed by atoms with Gasteiger partial charge in [-0.05, 0) is 22.0 Å². The minimum absolute atomic E-state index is 0.111. The normalized spacial score (nSPS) is 21.8. The molecule has 2 rings (SSSR count). The molecule has 1 saturated heterocycles. The summed E-state index contributed by atoms with van der Waals surface area (Å²) in [6.07, 6.45) is 0.111. The van der Waals surface area contributed by atoms with E-state index in [2.05, 4.69) is 15.9 Å². The number of benzene rings is 1. The second-order valence-corrected chi connectivity index (χ2v) is 3.26. The number of halogens is 2. The number of rotatable bonds is 1. The molecule has 1 fully saturated rings. The molecule has 1 heterocycles. The van der Waals surface area contributed by atoms with E-state index >= 15 is 0 Å². The Hall–Kier alpha value is -0.410. The van der Waals surface area contributed by atoms with Gasteiger partial charge in [-0.25, -0.2) is 4.39 Å². The average molecular weight is 217 g/mol. The summed E-state index contributed by atoms with van der Waals surface area (Å²) < 4.78 is 18.4. The van der Waals surface area contributed by atoms with Gasteiger partial charge in [-0.1, -0.05) is 12.1 Å². The molecule has 1 aromatic rings. The Kier molecular flexibility index (Phi) is 1.69. The van der Waals surface area contributed by atoms with Crippen molar-refractivity contribution in [3.05, 3.63) is 34.1 Å². The van der Waals surface area contributed by atoms with Crippen LogP contribution in [-0.4, -0.2) is 6.61 Å². The van der Waals surface area contributed by atoms with Gasteiger partial charge in [0.2, 0.25) is 0 Å². The van der Waals surface area contributed by atoms with E-state index in [9.17, 15) is 4.39 Å². The third kappa shape index (κ3) is 1.30. The molecule has 3 heteroatoms. The third-order valence-electron chi connectivity index (χ3n) is 1.66. The van der Waals surface area contributed by atoms with Gasteiger partial charge in [0.25, 0.3) is 0 Å². The van der Waals surface area contributed by atoms with E-state index in [1.807, 2.05) is 6.07 Å². The minimum atomic E-state index is -0.224. The number of hydrogen-bond donors (Lipinski definition) is 0. The van der Waals surface area contributed by atoms with Gasteiger partial charge in [0.05, 0.1) is 11.1 Å². The number of ether oxygens (including phenoxy) is 1. The van der Waals surface area contributed by atoms with Crippen molar-refractivity contribution in [3.63, 3.8) is 0 Å². The average Bonchev–Trinajstić information content (AvgIpc) is 2.77. The van der Waals surface area contributed by atoms with Crippen molar-refractivity contribution < 1.29 is 9.13 Å². The van der Waals surface area contributed by atoms with E-state index in [0.29, 0.717) is 11.1 Å². The Morgan fingerprint density at radius 3 is 2.91 bits per heavy atom. The molecule has 0 N–H and O–H groups in total. The molecule has 0 unspecified atom stereocenters. The van der Waals surface area contributed by atoms with Crippen LogP contribution >= 0.6 is 15.9 Å². The lowest BCUT2D eigenvalue weighted by Crippen LogP contribution is -1.85. The molecule has 0 radical (unpaired) electrons. The van der Waals surface area contributed by atoms with Crippen molar-refractivity contribution in [3.8, 4) is 0 Å². The molecule has 1 aliphatic rings. The van der Waals surface area contributed by atoms with Crippen LogP contribution in [0.15, 0.2) is 22.7 Å². The summed E-state index contributed by atoms with van der Waals surface area (Å²) in [5.74, 6) is -0.224. The van der Waals surface area contributed by atoms with Gasteiger partial charge in [0, 0.05) is 5.56 Å². The van der Waals surface area contributed by atoms with Crippen LogP contribution in [0.5, 0.6) is 0 Å². The van der Waals surface area contributed by atoms with Gasteiger partial charge in [-0.2, -0.15) is 0 Å². The van der Waals surface area contributed by atoms with Crippen molar-refractivity contribution in [2.75, 3.05) is 6.61 Å². The second kappa shape index (κ2) is 2.57. The van der Waals surface area contributed by atoms with Crippen molar-refractivity contribution in [1.82, 2.24) is 0 Å². The lowest BCUT2D eigenvalue weighted by molar-refractivity contribution is 0.414. The molecular weight excluding hydrogens is 211 g/mol. The first kappa shape index (κ1) is 7.25. The topological polar surface area (TPSA) is 12.5 Å². The van der Waals surface area contributed by atoms with E-state index in [0.717, 1.165) is 5.56 Å². The van der Waals surface area contributed by atoms with Crippen LogP contribution in [-0.2, 0) is 4.74 Å². The predicted molar refractivity (Wildman–Crippen MR) is 42.8 cm³/mol. The maximum Gasteiger partial charge on any atom is 0.137 e. The summed E-state index contributed by atoms with van der Waals surface area (Å²) in [5, 5.41) is 0. The Bertz CT molecular complexity index is 283. The zero-order valence-corrected chi connectivity index (χ0v) is 7.27. The molecule has 1 nitrogen and oxygen atoms in total. The number of epoxide rings is 1. The molecule has 58 valence electrons. The molecule has 0 spiro atoms. The van der Waals surface area contributed by atoms with Crippen LogP contribution in [0, 0.1) is 5.82 Å². The highest BCUT2D eigenvalue weighted by atomic mass is 79.9. The summed E-state index contributed by atoms with van der Waals surface area (Å²) in [4.78, 5) is 0.